The summed E-state index contributed by atoms with van der Waals surface area (Å²) in [6, 6.07) is 15.2. The second kappa shape index (κ2) is 9.39. The molecular formula is C21H22BrN3O2S. The number of benzene rings is 2. The standard InChI is InChI=1S/C21H22BrN3O2S/c1-3-12-25-20(27)16-9-5-7-11-18(16)23-21(25)28-14-19(26)24(2)13-15-8-4-6-10-17(15)22/h4-11H,3,12-14H2,1-2H3. The van der Waals surface area contributed by atoms with Crippen molar-refractivity contribution in [3.8, 4) is 0 Å². The third-order valence-electron chi connectivity index (χ3n) is 4.39. The molecule has 0 unspecified atom stereocenters. The summed E-state index contributed by atoms with van der Waals surface area (Å²) in [5.41, 5.74) is 1.66. The molecule has 146 valence electrons. The number of carbonyl (C=O) groups is 1. The van der Waals surface area contributed by atoms with E-state index in [4.69, 9.17) is 0 Å². The van der Waals surface area contributed by atoms with Crippen LogP contribution in [0.2, 0.25) is 0 Å². The van der Waals surface area contributed by atoms with Gasteiger partial charge in [0, 0.05) is 24.6 Å². The Morgan fingerprint density at radius 2 is 1.89 bits per heavy atom. The van der Waals surface area contributed by atoms with Crippen LogP contribution in [0.15, 0.2) is 63.0 Å². The molecule has 0 radical (unpaired) electrons. The predicted molar refractivity (Wildman–Crippen MR) is 118 cm³/mol. The zero-order valence-corrected chi connectivity index (χ0v) is 18.3. The van der Waals surface area contributed by atoms with Crippen molar-refractivity contribution < 1.29 is 4.79 Å². The number of amides is 1. The highest BCUT2D eigenvalue weighted by Gasteiger charge is 2.15. The van der Waals surface area contributed by atoms with Crippen molar-refractivity contribution >= 4 is 44.5 Å². The number of hydrogen-bond acceptors (Lipinski definition) is 4. The van der Waals surface area contributed by atoms with E-state index in [1.807, 2.05) is 49.4 Å². The lowest BCUT2D eigenvalue weighted by Gasteiger charge is -2.18. The van der Waals surface area contributed by atoms with Gasteiger partial charge in [0.05, 0.1) is 16.7 Å². The number of halogens is 1. The summed E-state index contributed by atoms with van der Waals surface area (Å²) in [6.45, 7) is 3.13. The smallest absolute Gasteiger partial charge is 0.262 e. The number of fused-ring (bicyclic) bond motifs is 1. The van der Waals surface area contributed by atoms with Crippen LogP contribution in [0, 0.1) is 0 Å². The van der Waals surface area contributed by atoms with Crippen molar-refractivity contribution in [3.05, 3.63) is 68.9 Å². The van der Waals surface area contributed by atoms with Gasteiger partial charge in [-0.2, -0.15) is 0 Å². The maximum Gasteiger partial charge on any atom is 0.262 e. The first-order valence-electron chi connectivity index (χ1n) is 9.11. The topological polar surface area (TPSA) is 55.2 Å². The summed E-state index contributed by atoms with van der Waals surface area (Å²) in [4.78, 5) is 31.8. The molecule has 0 aliphatic carbocycles. The van der Waals surface area contributed by atoms with Crippen LogP contribution in [-0.4, -0.2) is 33.2 Å². The quantitative estimate of drug-likeness (QED) is 0.389. The van der Waals surface area contributed by atoms with Crippen LogP contribution in [0.3, 0.4) is 0 Å². The molecule has 0 bridgehead atoms. The molecule has 0 saturated heterocycles. The van der Waals surface area contributed by atoms with Gasteiger partial charge in [0.1, 0.15) is 0 Å². The molecule has 0 atom stereocenters. The minimum absolute atomic E-state index is 0.00814. The van der Waals surface area contributed by atoms with E-state index >= 15 is 0 Å². The van der Waals surface area contributed by atoms with Crippen LogP contribution in [0.25, 0.3) is 10.9 Å². The lowest BCUT2D eigenvalue weighted by molar-refractivity contribution is -0.127. The molecule has 7 heteroatoms. The molecule has 2 aromatic carbocycles. The van der Waals surface area contributed by atoms with Crippen LogP contribution in [-0.2, 0) is 17.9 Å². The van der Waals surface area contributed by atoms with E-state index in [1.54, 1.807) is 22.6 Å². The third-order valence-corrected chi connectivity index (χ3v) is 6.12. The van der Waals surface area contributed by atoms with Gasteiger partial charge in [-0.3, -0.25) is 14.2 Å². The van der Waals surface area contributed by atoms with E-state index < -0.39 is 0 Å². The van der Waals surface area contributed by atoms with Crippen LogP contribution in [0.4, 0.5) is 0 Å². The predicted octanol–water partition coefficient (Wildman–Crippen LogP) is 4.32. The van der Waals surface area contributed by atoms with E-state index in [0.717, 1.165) is 16.5 Å². The monoisotopic (exact) mass is 459 g/mol. The first-order valence-corrected chi connectivity index (χ1v) is 10.9. The maximum atomic E-state index is 12.8. The van der Waals surface area contributed by atoms with Gasteiger partial charge in [-0.25, -0.2) is 4.98 Å². The third kappa shape index (κ3) is 4.64. The molecule has 1 amide bonds. The Balaban J connectivity index is 1.77. The molecule has 0 fully saturated rings. The summed E-state index contributed by atoms with van der Waals surface area (Å²) in [5, 5.41) is 1.20. The Kier molecular flexibility index (Phi) is 6.91. The number of nitrogens with zero attached hydrogens (tertiary/aromatic N) is 3. The Labute approximate surface area is 176 Å². The van der Waals surface area contributed by atoms with E-state index in [2.05, 4.69) is 20.9 Å². The van der Waals surface area contributed by atoms with Crippen molar-refractivity contribution in [2.45, 2.75) is 31.6 Å². The molecule has 0 saturated carbocycles. The molecule has 3 aromatic rings. The van der Waals surface area contributed by atoms with E-state index in [9.17, 15) is 9.59 Å². The fraction of sp³-hybridized carbons (Fsp3) is 0.286. The fourth-order valence-corrected chi connectivity index (χ4v) is 4.26. The fourth-order valence-electron chi connectivity index (χ4n) is 2.89. The second-order valence-electron chi connectivity index (χ2n) is 6.50. The highest BCUT2D eigenvalue weighted by Crippen LogP contribution is 2.20. The van der Waals surface area contributed by atoms with Crippen LogP contribution < -0.4 is 5.56 Å². The number of thioether (sulfide) groups is 1. The summed E-state index contributed by atoms with van der Waals surface area (Å²) in [5.74, 6) is 0.223. The van der Waals surface area contributed by atoms with E-state index in [-0.39, 0.29) is 17.2 Å². The van der Waals surface area contributed by atoms with Gasteiger partial charge in [0.2, 0.25) is 5.91 Å². The molecule has 3 rings (SSSR count). The summed E-state index contributed by atoms with van der Waals surface area (Å²) >= 11 is 4.83. The number of hydrogen-bond donors (Lipinski definition) is 0. The minimum atomic E-state index is -0.0519. The van der Waals surface area contributed by atoms with Crippen molar-refractivity contribution in [3.63, 3.8) is 0 Å². The van der Waals surface area contributed by atoms with E-state index in [0.29, 0.717) is 29.1 Å². The van der Waals surface area contributed by atoms with Gasteiger partial charge < -0.3 is 4.90 Å². The lowest BCUT2D eigenvalue weighted by atomic mass is 10.2. The zero-order chi connectivity index (χ0) is 20.1. The van der Waals surface area contributed by atoms with Gasteiger partial charge in [0.25, 0.3) is 5.56 Å². The normalized spacial score (nSPS) is 11.0. The Morgan fingerprint density at radius 3 is 2.64 bits per heavy atom. The largest absolute Gasteiger partial charge is 0.341 e. The molecular weight excluding hydrogens is 438 g/mol. The summed E-state index contributed by atoms with van der Waals surface area (Å²) in [6.07, 6.45) is 0.823. The van der Waals surface area contributed by atoms with Crippen LogP contribution in [0.5, 0.6) is 0 Å². The van der Waals surface area contributed by atoms with Crippen molar-refractivity contribution in [1.82, 2.24) is 14.5 Å². The molecule has 0 aliphatic heterocycles. The lowest BCUT2D eigenvalue weighted by Crippen LogP contribution is -2.29. The van der Waals surface area contributed by atoms with Gasteiger partial charge >= 0.3 is 0 Å². The van der Waals surface area contributed by atoms with Crippen molar-refractivity contribution in [2.24, 2.45) is 0 Å². The molecule has 5 nitrogen and oxygen atoms in total. The Bertz CT molecular complexity index is 1050. The minimum Gasteiger partial charge on any atom is -0.341 e. The summed E-state index contributed by atoms with van der Waals surface area (Å²) < 4.78 is 2.66. The molecule has 0 N–H and O–H groups in total. The van der Waals surface area contributed by atoms with Gasteiger partial charge in [-0.05, 0) is 30.2 Å². The number of rotatable bonds is 7. The average molecular weight is 460 g/mol. The van der Waals surface area contributed by atoms with Crippen molar-refractivity contribution in [1.29, 1.82) is 0 Å². The molecule has 0 aliphatic rings. The molecule has 1 aromatic heterocycles. The summed E-state index contributed by atoms with van der Waals surface area (Å²) in [7, 11) is 1.79. The number of para-hydroxylation sites is 1. The van der Waals surface area contributed by atoms with Gasteiger partial charge in [-0.1, -0.05) is 64.9 Å². The van der Waals surface area contributed by atoms with Crippen LogP contribution >= 0.6 is 27.7 Å². The average Bonchev–Trinajstić information content (AvgIpc) is 2.70. The first kappa shape index (κ1) is 20.6. The first-order chi connectivity index (χ1) is 13.5. The van der Waals surface area contributed by atoms with Gasteiger partial charge in [0.15, 0.2) is 5.16 Å². The van der Waals surface area contributed by atoms with Crippen molar-refractivity contribution in [2.75, 3.05) is 12.8 Å². The highest BCUT2D eigenvalue weighted by atomic mass is 79.9. The zero-order valence-electron chi connectivity index (χ0n) is 15.9. The Hall–Kier alpha value is -2.12. The van der Waals surface area contributed by atoms with Crippen LogP contribution in [0.1, 0.15) is 18.9 Å². The number of carbonyl (C=O) groups excluding carboxylic acids is 1. The SMILES string of the molecule is CCCn1c(SCC(=O)N(C)Cc2ccccc2Br)nc2ccccc2c1=O. The maximum absolute atomic E-state index is 12.8. The number of aromatic nitrogens is 2. The van der Waals surface area contributed by atoms with Gasteiger partial charge in [-0.15, -0.1) is 0 Å². The molecule has 1 heterocycles. The molecule has 0 spiro atoms. The molecule has 28 heavy (non-hydrogen) atoms. The Morgan fingerprint density at radius 1 is 1.18 bits per heavy atom. The van der Waals surface area contributed by atoms with E-state index in [1.165, 1.54) is 11.8 Å². The highest BCUT2D eigenvalue weighted by molar-refractivity contribution is 9.10. The second-order valence-corrected chi connectivity index (χ2v) is 8.30.